The largest absolute Gasteiger partial charge is 0.490 e. The fourth-order valence-corrected chi connectivity index (χ4v) is 2.96. The Morgan fingerprint density at radius 2 is 1.78 bits per heavy atom. The summed E-state index contributed by atoms with van der Waals surface area (Å²) in [7, 11) is 0. The molecule has 0 fully saturated rings. The Morgan fingerprint density at radius 1 is 1.17 bits per heavy atom. The van der Waals surface area contributed by atoms with Gasteiger partial charge in [-0.15, -0.1) is 0 Å². The molecule has 0 aliphatic carbocycles. The van der Waals surface area contributed by atoms with Crippen LogP contribution in [0.5, 0.6) is 11.5 Å². The Hall–Kier alpha value is -1.75. The quantitative estimate of drug-likeness (QED) is 0.838. The third-order valence-electron chi connectivity index (χ3n) is 4.11. The van der Waals surface area contributed by atoms with Gasteiger partial charge in [-0.2, -0.15) is 0 Å². The first-order valence-electron chi connectivity index (χ1n) is 8.56. The zero-order valence-corrected chi connectivity index (χ0v) is 14.4. The number of nitrogens with zero attached hydrogens (tertiary/aromatic N) is 1. The van der Waals surface area contributed by atoms with E-state index in [4.69, 9.17) is 15.2 Å². The van der Waals surface area contributed by atoms with Crippen molar-refractivity contribution >= 4 is 5.91 Å². The van der Waals surface area contributed by atoms with Gasteiger partial charge in [0.15, 0.2) is 11.5 Å². The molecule has 1 heterocycles. The van der Waals surface area contributed by atoms with Gasteiger partial charge in [0, 0.05) is 13.1 Å². The Bertz CT molecular complexity index is 545. The molecule has 2 rings (SSSR count). The van der Waals surface area contributed by atoms with Crippen LogP contribution in [0.4, 0.5) is 0 Å². The maximum absolute atomic E-state index is 12.4. The van der Waals surface area contributed by atoms with E-state index >= 15 is 0 Å². The molecule has 0 bridgehead atoms. The topological polar surface area (TPSA) is 64.8 Å². The van der Waals surface area contributed by atoms with Gasteiger partial charge in [0.1, 0.15) is 0 Å². The van der Waals surface area contributed by atoms with Crippen LogP contribution >= 0.6 is 0 Å². The molecule has 5 nitrogen and oxygen atoms in total. The average Bonchev–Trinajstić information content (AvgIpc) is 2.55. The van der Waals surface area contributed by atoms with E-state index in [9.17, 15) is 4.79 Å². The predicted molar refractivity (Wildman–Crippen MR) is 90.8 cm³/mol. The lowest BCUT2D eigenvalue weighted by Crippen LogP contribution is -2.45. The fourth-order valence-electron chi connectivity index (χ4n) is 2.96. The molecule has 1 amide bonds. The number of nitrogens with two attached hydrogens (primary N) is 1. The number of rotatable bonds is 7. The second-order valence-electron chi connectivity index (χ2n) is 5.84. The van der Waals surface area contributed by atoms with E-state index in [2.05, 4.69) is 6.07 Å². The number of carbonyl (C=O) groups is 1. The highest BCUT2D eigenvalue weighted by Crippen LogP contribution is 2.34. The van der Waals surface area contributed by atoms with Crippen molar-refractivity contribution in [2.75, 3.05) is 19.8 Å². The molecule has 5 heteroatoms. The summed E-state index contributed by atoms with van der Waals surface area (Å²) < 4.78 is 11.4. The van der Waals surface area contributed by atoms with Crippen molar-refractivity contribution in [2.45, 2.75) is 52.6 Å². The van der Waals surface area contributed by atoms with Crippen molar-refractivity contribution < 1.29 is 14.3 Å². The van der Waals surface area contributed by atoms with Crippen LogP contribution in [0.2, 0.25) is 0 Å². The van der Waals surface area contributed by atoms with Crippen molar-refractivity contribution in [1.82, 2.24) is 4.90 Å². The average molecular weight is 320 g/mol. The summed E-state index contributed by atoms with van der Waals surface area (Å²) in [6.07, 6.45) is 2.48. The van der Waals surface area contributed by atoms with Gasteiger partial charge in [-0.25, -0.2) is 0 Å². The summed E-state index contributed by atoms with van der Waals surface area (Å²) in [5.41, 5.74) is 8.34. The van der Waals surface area contributed by atoms with Gasteiger partial charge in [0.2, 0.25) is 5.91 Å². The molecule has 0 saturated carbocycles. The van der Waals surface area contributed by atoms with E-state index in [1.807, 2.05) is 31.7 Å². The van der Waals surface area contributed by atoms with Gasteiger partial charge in [-0.3, -0.25) is 4.79 Å². The minimum absolute atomic E-state index is 0.0457. The number of ether oxygens (including phenoxy) is 2. The highest BCUT2D eigenvalue weighted by Gasteiger charge is 2.26. The summed E-state index contributed by atoms with van der Waals surface area (Å²) in [5.74, 6) is 1.58. The summed E-state index contributed by atoms with van der Waals surface area (Å²) in [6.45, 7) is 8.46. The molecule has 128 valence electrons. The molecule has 2 N–H and O–H groups in total. The van der Waals surface area contributed by atoms with Gasteiger partial charge in [0.25, 0.3) is 0 Å². The number of carbonyl (C=O) groups excluding carboxylic acids is 1. The highest BCUT2D eigenvalue weighted by molar-refractivity contribution is 5.82. The Kier molecular flexibility index (Phi) is 6.28. The molecule has 1 atom stereocenters. The maximum atomic E-state index is 12.4. The molecule has 0 aromatic heterocycles. The number of hydrogen-bond donors (Lipinski definition) is 1. The molecule has 1 aliphatic heterocycles. The van der Waals surface area contributed by atoms with E-state index in [1.165, 1.54) is 5.56 Å². The van der Waals surface area contributed by atoms with Gasteiger partial charge < -0.3 is 20.1 Å². The van der Waals surface area contributed by atoms with Crippen LogP contribution in [-0.2, 0) is 17.8 Å². The summed E-state index contributed by atoms with van der Waals surface area (Å²) in [6, 6.07) is 3.67. The van der Waals surface area contributed by atoms with E-state index in [1.54, 1.807) is 0 Å². The zero-order valence-electron chi connectivity index (χ0n) is 14.4. The first kappa shape index (κ1) is 17.6. The molecular formula is C18H28N2O3. The second-order valence-corrected chi connectivity index (χ2v) is 5.84. The number of benzene rings is 1. The minimum atomic E-state index is -0.393. The normalized spacial score (nSPS) is 15.0. The van der Waals surface area contributed by atoms with E-state index in [0.29, 0.717) is 26.3 Å². The number of fused-ring (bicyclic) bond motifs is 1. The maximum Gasteiger partial charge on any atom is 0.239 e. The van der Waals surface area contributed by atoms with Crippen molar-refractivity contribution in [2.24, 2.45) is 5.73 Å². The van der Waals surface area contributed by atoms with Gasteiger partial charge in [0.05, 0.1) is 19.3 Å². The molecule has 0 spiro atoms. The van der Waals surface area contributed by atoms with Crippen molar-refractivity contribution in [1.29, 1.82) is 0 Å². The molecule has 0 saturated heterocycles. The van der Waals surface area contributed by atoms with Gasteiger partial charge in [-0.05, 0) is 49.9 Å². The first-order chi connectivity index (χ1) is 11.1. The summed E-state index contributed by atoms with van der Waals surface area (Å²) >= 11 is 0. The second kappa shape index (κ2) is 8.20. The molecule has 1 aliphatic rings. The SMILES string of the molecule is CCCC(N)C(=O)N1CCc2cc(OCC)c(OCC)cc2C1. The Morgan fingerprint density at radius 3 is 2.35 bits per heavy atom. The van der Waals surface area contributed by atoms with Crippen LogP contribution in [-0.4, -0.2) is 36.6 Å². The van der Waals surface area contributed by atoms with Crippen LogP contribution < -0.4 is 15.2 Å². The molecule has 0 radical (unpaired) electrons. The predicted octanol–water partition coefficient (Wildman–Crippen LogP) is 2.50. The summed E-state index contributed by atoms with van der Waals surface area (Å²) in [4.78, 5) is 14.3. The molecule has 1 aromatic carbocycles. The van der Waals surface area contributed by atoms with Crippen LogP contribution in [0.25, 0.3) is 0 Å². The van der Waals surface area contributed by atoms with Gasteiger partial charge in [-0.1, -0.05) is 13.3 Å². The molecule has 1 aromatic rings. The van der Waals surface area contributed by atoms with Crippen LogP contribution in [0.3, 0.4) is 0 Å². The van der Waals surface area contributed by atoms with E-state index < -0.39 is 6.04 Å². The number of amides is 1. The monoisotopic (exact) mass is 320 g/mol. The standard InChI is InChI=1S/C18H28N2O3/c1-4-7-15(19)18(21)20-9-8-13-10-16(22-5-2)17(23-6-3)11-14(13)12-20/h10-11,15H,4-9,12,19H2,1-3H3. The van der Waals surface area contributed by atoms with E-state index in [-0.39, 0.29) is 5.91 Å². The van der Waals surface area contributed by atoms with Crippen molar-refractivity contribution in [3.05, 3.63) is 23.3 Å². The number of hydrogen-bond acceptors (Lipinski definition) is 4. The van der Waals surface area contributed by atoms with Crippen LogP contribution in [0.1, 0.15) is 44.7 Å². The lowest BCUT2D eigenvalue weighted by Gasteiger charge is -2.31. The molecule has 1 unspecified atom stereocenters. The minimum Gasteiger partial charge on any atom is -0.490 e. The smallest absolute Gasteiger partial charge is 0.239 e. The van der Waals surface area contributed by atoms with Crippen LogP contribution in [0.15, 0.2) is 12.1 Å². The molecular weight excluding hydrogens is 292 g/mol. The zero-order chi connectivity index (χ0) is 16.8. The third-order valence-corrected chi connectivity index (χ3v) is 4.11. The first-order valence-corrected chi connectivity index (χ1v) is 8.56. The van der Waals surface area contributed by atoms with Crippen molar-refractivity contribution in [3.8, 4) is 11.5 Å². The third kappa shape index (κ3) is 4.16. The lowest BCUT2D eigenvalue weighted by atomic mass is 9.98. The Labute approximate surface area is 138 Å². The molecule has 23 heavy (non-hydrogen) atoms. The van der Waals surface area contributed by atoms with Gasteiger partial charge >= 0.3 is 0 Å². The lowest BCUT2D eigenvalue weighted by molar-refractivity contribution is -0.133. The van der Waals surface area contributed by atoms with Crippen molar-refractivity contribution in [3.63, 3.8) is 0 Å². The van der Waals surface area contributed by atoms with E-state index in [0.717, 1.165) is 36.3 Å². The Balaban J connectivity index is 2.19. The fraction of sp³-hybridized carbons (Fsp3) is 0.611. The summed E-state index contributed by atoms with van der Waals surface area (Å²) in [5, 5.41) is 0. The van der Waals surface area contributed by atoms with Crippen LogP contribution in [0, 0.1) is 0 Å². The highest BCUT2D eigenvalue weighted by atomic mass is 16.5.